The quantitative estimate of drug-likeness (QED) is 0.750. The maximum atomic E-state index is 13.4. The molecule has 0 amide bonds. The van der Waals surface area contributed by atoms with Gasteiger partial charge >= 0.3 is 0 Å². The number of halogens is 2. The van der Waals surface area contributed by atoms with Gasteiger partial charge in [0.25, 0.3) is 0 Å². The van der Waals surface area contributed by atoms with Crippen LogP contribution in [0.5, 0.6) is 0 Å². The van der Waals surface area contributed by atoms with Gasteiger partial charge in [0.15, 0.2) is 5.82 Å². The Morgan fingerprint density at radius 1 is 1.00 bits per heavy atom. The summed E-state index contributed by atoms with van der Waals surface area (Å²) >= 11 is 0. The van der Waals surface area contributed by atoms with Crippen LogP contribution in [0, 0.1) is 11.6 Å². The highest BCUT2D eigenvalue weighted by atomic mass is 19.1. The smallest absolute Gasteiger partial charge is 0.182 e. The van der Waals surface area contributed by atoms with E-state index < -0.39 is 5.82 Å². The molecule has 2 aromatic carbocycles. The molecule has 0 unspecified atom stereocenters. The maximum absolute atomic E-state index is 13.4. The minimum atomic E-state index is -0.457. The average Bonchev–Trinajstić information content (AvgIpc) is 2.88. The molecule has 5 nitrogen and oxygen atoms in total. The zero-order valence-corrected chi connectivity index (χ0v) is 10.9. The van der Waals surface area contributed by atoms with Crippen LogP contribution < -0.4 is 5.73 Å². The number of anilines is 1. The number of tetrazole rings is 1. The lowest BCUT2D eigenvalue weighted by Gasteiger charge is -2.06. The van der Waals surface area contributed by atoms with Crippen LogP contribution in [0.15, 0.2) is 42.5 Å². The molecule has 3 rings (SSSR count). The van der Waals surface area contributed by atoms with Crippen LogP contribution in [0.1, 0.15) is 5.56 Å². The second kappa shape index (κ2) is 5.28. The lowest BCUT2D eigenvalue weighted by Crippen LogP contribution is -2.05. The van der Waals surface area contributed by atoms with Crippen LogP contribution in [-0.4, -0.2) is 20.2 Å². The van der Waals surface area contributed by atoms with E-state index in [1.165, 1.54) is 28.9 Å². The number of nitrogens with zero attached hydrogens (tertiary/aromatic N) is 4. The highest BCUT2D eigenvalue weighted by molar-refractivity contribution is 5.61. The van der Waals surface area contributed by atoms with E-state index in [2.05, 4.69) is 15.5 Å². The normalized spacial score (nSPS) is 10.8. The molecular weight excluding hydrogens is 276 g/mol. The molecular formula is C14H11F2N5. The Labute approximate surface area is 119 Å². The van der Waals surface area contributed by atoms with Crippen molar-refractivity contribution in [3.63, 3.8) is 0 Å². The van der Waals surface area contributed by atoms with Gasteiger partial charge in [-0.2, -0.15) is 0 Å². The molecule has 21 heavy (non-hydrogen) atoms. The van der Waals surface area contributed by atoms with E-state index in [0.717, 1.165) is 5.56 Å². The van der Waals surface area contributed by atoms with Crippen molar-refractivity contribution in [1.82, 2.24) is 20.2 Å². The van der Waals surface area contributed by atoms with Gasteiger partial charge in [0.2, 0.25) is 0 Å². The zero-order valence-electron chi connectivity index (χ0n) is 10.9. The summed E-state index contributed by atoms with van der Waals surface area (Å²) in [7, 11) is 0. The largest absolute Gasteiger partial charge is 0.399 e. The first-order valence-electron chi connectivity index (χ1n) is 6.19. The van der Waals surface area contributed by atoms with Gasteiger partial charge in [-0.3, -0.25) is 0 Å². The third kappa shape index (κ3) is 2.86. The molecule has 0 aliphatic rings. The zero-order chi connectivity index (χ0) is 14.8. The number of nitrogens with two attached hydrogens (primary N) is 1. The highest BCUT2D eigenvalue weighted by Gasteiger charge is 2.11. The molecule has 0 saturated carbocycles. The van der Waals surface area contributed by atoms with Gasteiger partial charge in [0.1, 0.15) is 11.6 Å². The molecule has 7 heteroatoms. The lowest BCUT2D eigenvalue weighted by atomic mass is 10.1. The molecule has 0 fully saturated rings. The van der Waals surface area contributed by atoms with Crippen molar-refractivity contribution in [2.24, 2.45) is 0 Å². The fraction of sp³-hybridized carbons (Fsp3) is 0.0714. The van der Waals surface area contributed by atoms with Crippen molar-refractivity contribution >= 4 is 5.69 Å². The topological polar surface area (TPSA) is 69.6 Å². The minimum Gasteiger partial charge on any atom is -0.399 e. The lowest BCUT2D eigenvalue weighted by molar-refractivity contribution is 0.621. The fourth-order valence-electron chi connectivity index (χ4n) is 2.02. The Morgan fingerprint density at radius 3 is 2.48 bits per heavy atom. The molecule has 3 aromatic rings. The molecule has 0 atom stereocenters. The van der Waals surface area contributed by atoms with E-state index >= 15 is 0 Å². The summed E-state index contributed by atoms with van der Waals surface area (Å²) in [5.41, 5.74) is 7.23. The van der Waals surface area contributed by atoms with Crippen LogP contribution in [0.25, 0.3) is 11.4 Å². The Hall–Kier alpha value is -2.83. The van der Waals surface area contributed by atoms with Crippen molar-refractivity contribution in [2.45, 2.75) is 6.54 Å². The summed E-state index contributed by atoms with van der Waals surface area (Å²) in [6.45, 7) is 0.346. The monoisotopic (exact) mass is 287 g/mol. The molecule has 0 spiro atoms. The molecule has 0 aliphatic carbocycles. The average molecular weight is 287 g/mol. The third-order valence-electron chi connectivity index (χ3n) is 2.96. The van der Waals surface area contributed by atoms with Gasteiger partial charge in [0, 0.05) is 11.3 Å². The summed E-state index contributed by atoms with van der Waals surface area (Å²) in [6, 6.07) is 10.1. The number of benzene rings is 2. The molecule has 0 radical (unpaired) electrons. The molecule has 106 valence electrons. The molecule has 0 bridgehead atoms. The maximum Gasteiger partial charge on any atom is 0.182 e. The second-order valence-corrected chi connectivity index (χ2v) is 4.56. The third-order valence-corrected chi connectivity index (χ3v) is 2.96. The van der Waals surface area contributed by atoms with Crippen LogP contribution in [0.3, 0.4) is 0 Å². The van der Waals surface area contributed by atoms with Crippen LogP contribution >= 0.6 is 0 Å². The predicted octanol–water partition coefficient (Wildman–Crippen LogP) is 2.25. The molecule has 2 N–H and O–H groups in total. The van der Waals surface area contributed by atoms with E-state index in [4.69, 9.17) is 5.73 Å². The first-order chi connectivity index (χ1) is 10.1. The van der Waals surface area contributed by atoms with E-state index in [1.54, 1.807) is 18.2 Å². The van der Waals surface area contributed by atoms with Crippen molar-refractivity contribution in [1.29, 1.82) is 0 Å². The summed E-state index contributed by atoms with van der Waals surface area (Å²) in [5.74, 6) is -0.375. The van der Waals surface area contributed by atoms with Crippen molar-refractivity contribution < 1.29 is 8.78 Å². The molecule has 1 heterocycles. The number of hydrogen-bond donors (Lipinski definition) is 1. The fourth-order valence-corrected chi connectivity index (χ4v) is 2.02. The minimum absolute atomic E-state index is 0.293. The SMILES string of the molecule is Nc1cc(F)cc(-c2nnnn2Cc2ccc(F)cc2)c1. The Balaban J connectivity index is 1.95. The summed E-state index contributed by atoms with van der Waals surface area (Å²) in [6.07, 6.45) is 0. The Morgan fingerprint density at radius 2 is 1.76 bits per heavy atom. The van der Waals surface area contributed by atoms with Crippen molar-refractivity contribution in [3.05, 3.63) is 59.7 Å². The van der Waals surface area contributed by atoms with Gasteiger partial charge in [-0.25, -0.2) is 13.5 Å². The van der Waals surface area contributed by atoms with E-state index in [9.17, 15) is 8.78 Å². The number of aromatic nitrogens is 4. The molecule has 1 aromatic heterocycles. The summed E-state index contributed by atoms with van der Waals surface area (Å²) < 4.78 is 27.8. The number of rotatable bonds is 3. The van der Waals surface area contributed by atoms with Gasteiger partial charge in [-0.1, -0.05) is 12.1 Å². The van der Waals surface area contributed by atoms with E-state index in [1.807, 2.05) is 0 Å². The standard InChI is InChI=1S/C14H11F2N5/c15-11-3-1-9(2-4-11)8-21-14(18-19-20-21)10-5-12(16)7-13(17)6-10/h1-7H,8,17H2. The highest BCUT2D eigenvalue weighted by Crippen LogP contribution is 2.21. The number of hydrogen-bond acceptors (Lipinski definition) is 4. The van der Waals surface area contributed by atoms with Gasteiger partial charge in [0.05, 0.1) is 6.54 Å². The Kier molecular flexibility index (Phi) is 3.31. The van der Waals surface area contributed by atoms with Gasteiger partial charge in [-0.15, -0.1) is 5.10 Å². The van der Waals surface area contributed by atoms with Crippen molar-refractivity contribution in [2.75, 3.05) is 5.73 Å². The van der Waals surface area contributed by atoms with Gasteiger partial charge in [-0.05, 0) is 46.3 Å². The first-order valence-corrected chi connectivity index (χ1v) is 6.19. The number of nitrogen functional groups attached to an aromatic ring is 1. The van der Waals surface area contributed by atoms with Crippen LogP contribution in [-0.2, 0) is 6.54 Å². The molecule has 0 aliphatic heterocycles. The Bertz CT molecular complexity index is 747. The first kappa shape index (κ1) is 13.2. The van der Waals surface area contributed by atoms with Crippen molar-refractivity contribution in [3.8, 4) is 11.4 Å². The predicted molar refractivity (Wildman–Crippen MR) is 73.1 cm³/mol. The van der Waals surface area contributed by atoms with E-state index in [0.29, 0.717) is 23.6 Å². The summed E-state index contributed by atoms with van der Waals surface area (Å²) in [5, 5.41) is 11.4. The molecule has 0 saturated heterocycles. The second-order valence-electron chi connectivity index (χ2n) is 4.56. The van der Waals surface area contributed by atoms with Gasteiger partial charge < -0.3 is 5.73 Å². The van der Waals surface area contributed by atoms with E-state index in [-0.39, 0.29) is 5.82 Å². The van der Waals surface area contributed by atoms with Crippen LogP contribution in [0.2, 0.25) is 0 Å². The summed E-state index contributed by atoms with van der Waals surface area (Å²) in [4.78, 5) is 0. The van der Waals surface area contributed by atoms with Crippen LogP contribution in [0.4, 0.5) is 14.5 Å².